The van der Waals surface area contributed by atoms with Crippen molar-refractivity contribution in [2.75, 3.05) is 6.54 Å². The molecule has 0 saturated heterocycles. The van der Waals surface area contributed by atoms with E-state index < -0.39 is 35.3 Å². The van der Waals surface area contributed by atoms with Crippen molar-refractivity contribution in [2.45, 2.75) is 19.6 Å². The Morgan fingerprint density at radius 3 is 2.61 bits per heavy atom. The summed E-state index contributed by atoms with van der Waals surface area (Å²) in [4.78, 5) is 58.7. The largest absolute Gasteiger partial charge is 0.506 e. The van der Waals surface area contributed by atoms with Gasteiger partial charge in [0, 0.05) is 23.7 Å². The van der Waals surface area contributed by atoms with Crippen LogP contribution < -0.4 is 15.9 Å². The molecule has 192 valence electrons. The number of aromatic nitrogens is 3. The fourth-order valence-corrected chi connectivity index (χ4v) is 5.00. The van der Waals surface area contributed by atoms with Crippen LogP contribution in [-0.4, -0.2) is 49.0 Å². The third kappa shape index (κ3) is 4.76. The lowest BCUT2D eigenvalue weighted by molar-refractivity contribution is -0.375. The highest BCUT2D eigenvalue weighted by atomic mass is 32.1. The first kappa shape index (κ1) is 24.8. The van der Waals surface area contributed by atoms with E-state index in [2.05, 4.69) is 15.3 Å². The summed E-state index contributed by atoms with van der Waals surface area (Å²) in [6.45, 7) is -0.643. The number of hydrogen-bond acceptors (Lipinski definition) is 7. The van der Waals surface area contributed by atoms with Crippen LogP contribution in [0, 0.1) is 0 Å². The Bertz CT molecular complexity index is 1600. The highest BCUT2D eigenvalue weighted by Crippen LogP contribution is 2.33. The van der Waals surface area contributed by atoms with Crippen molar-refractivity contribution in [3.05, 3.63) is 98.1 Å². The monoisotopic (exact) mass is 532 g/mol. The number of amides is 2. The second kappa shape index (κ2) is 10.3. The SMILES string of the molecule is O=C(O)CNC(=O)c1c(O)c2c(n(Cc3cccc(-c4ccncc4)c3)c1=O)CN(C(=O)c1csc[nH+]1)C2. The standard InChI is InChI=1S/C26H21N5O6S/c32-21(33)9-28-24(35)22-23(34)18-11-30(25(36)19-13-38-14-29-19)12-20(18)31(26(22)37)10-15-2-1-3-17(8-15)16-4-6-27-7-5-16/h1-8,13-14,34H,9-12H2,(H,28,35)(H,32,33)/p+1. The van der Waals surface area contributed by atoms with Crippen molar-refractivity contribution in [1.29, 1.82) is 0 Å². The number of carbonyl (C=O) groups is 3. The van der Waals surface area contributed by atoms with Crippen LogP contribution in [0.1, 0.15) is 37.7 Å². The Labute approximate surface area is 219 Å². The molecule has 4 N–H and O–H groups in total. The number of aromatic amines is 1. The molecule has 5 rings (SSSR count). The predicted molar refractivity (Wildman–Crippen MR) is 136 cm³/mol. The van der Waals surface area contributed by atoms with Gasteiger partial charge in [0.1, 0.15) is 17.9 Å². The van der Waals surface area contributed by atoms with Gasteiger partial charge in [-0.2, -0.15) is 4.98 Å². The van der Waals surface area contributed by atoms with Crippen LogP contribution in [0.15, 0.2) is 64.5 Å². The highest BCUT2D eigenvalue weighted by Gasteiger charge is 2.35. The summed E-state index contributed by atoms with van der Waals surface area (Å²) in [6, 6.07) is 11.2. The average molecular weight is 533 g/mol. The van der Waals surface area contributed by atoms with E-state index in [0.717, 1.165) is 16.7 Å². The van der Waals surface area contributed by atoms with Gasteiger partial charge in [0.25, 0.3) is 17.2 Å². The lowest BCUT2D eigenvalue weighted by Crippen LogP contribution is -2.37. The highest BCUT2D eigenvalue weighted by molar-refractivity contribution is 7.07. The van der Waals surface area contributed by atoms with Gasteiger partial charge >= 0.3 is 11.9 Å². The van der Waals surface area contributed by atoms with Gasteiger partial charge in [-0.25, -0.2) is 0 Å². The molecule has 1 aromatic carbocycles. The Morgan fingerprint density at radius 2 is 1.89 bits per heavy atom. The van der Waals surface area contributed by atoms with Crippen LogP contribution in [-0.2, 0) is 24.4 Å². The minimum atomic E-state index is -1.30. The fraction of sp³-hybridized carbons (Fsp3) is 0.154. The molecule has 0 saturated carbocycles. The molecule has 0 spiro atoms. The van der Waals surface area contributed by atoms with Crippen molar-refractivity contribution in [2.24, 2.45) is 0 Å². The number of carboxylic acids is 1. The number of nitrogens with zero attached hydrogens (tertiary/aromatic N) is 3. The van der Waals surface area contributed by atoms with Gasteiger partial charge < -0.3 is 25.0 Å². The zero-order chi connectivity index (χ0) is 26.8. The molecule has 4 heterocycles. The van der Waals surface area contributed by atoms with Crippen molar-refractivity contribution in [3.63, 3.8) is 0 Å². The van der Waals surface area contributed by atoms with E-state index in [4.69, 9.17) is 5.11 Å². The number of carboxylic acid groups (broad SMARTS) is 1. The zero-order valence-electron chi connectivity index (χ0n) is 19.9. The number of carbonyl (C=O) groups excluding carboxylic acids is 2. The molecule has 0 radical (unpaired) electrons. The number of nitrogens with one attached hydrogen (secondary N) is 2. The molecule has 0 fully saturated rings. The maximum absolute atomic E-state index is 13.6. The third-order valence-corrected chi connectivity index (χ3v) is 6.87. The molecule has 12 heteroatoms. The van der Waals surface area contributed by atoms with Gasteiger partial charge in [0.15, 0.2) is 0 Å². The molecule has 0 atom stereocenters. The van der Waals surface area contributed by atoms with Crippen LogP contribution in [0.25, 0.3) is 11.1 Å². The topological polar surface area (TPSA) is 156 Å². The summed E-state index contributed by atoms with van der Waals surface area (Å²) in [7, 11) is 0. The molecule has 2 amide bonds. The van der Waals surface area contributed by atoms with Crippen LogP contribution in [0.5, 0.6) is 5.75 Å². The lowest BCUT2D eigenvalue weighted by atomic mass is 10.0. The molecule has 4 aromatic rings. The van der Waals surface area contributed by atoms with Gasteiger partial charge in [0.2, 0.25) is 5.51 Å². The fourth-order valence-electron chi connectivity index (χ4n) is 4.44. The van der Waals surface area contributed by atoms with E-state index in [1.165, 1.54) is 20.8 Å². The van der Waals surface area contributed by atoms with Crippen molar-refractivity contribution in [3.8, 4) is 16.9 Å². The molecule has 11 nitrogen and oxygen atoms in total. The summed E-state index contributed by atoms with van der Waals surface area (Å²) in [5.41, 5.74) is 3.92. The van der Waals surface area contributed by atoms with Gasteiger partial charge in [0.05, 0.1) is 25.0 Å². The number of aromatic hydroxyl groups is 1. The summed E-state index contributed by atoms with van der Waals surface area (Å²) in [6.07, 6.45) is 3.36. The number of fused-ring (bicyclic) bond motifs is 1. The summed E-state index contributed by atoms with van der Waals surface area (Å²) < 4.78 is 1.36. The number of hydrogen-bond donors (Lipinski definition) is 3. The van der Waals surface area contributed by atoms with Gasteiger partial charge in [-0.1, -0.05) is 29.5 Å². The maximum Gasteiger partial charge on any atom is 0.322 e. The molecule has 1 aliphatic heterocycles. The van der Waals surface area contributed by atoms with E-state index in [0.29, 0.717) is 11.4 Å². The van der Waals surface area contributed by atoms with Crippen molar-refractivity contribution < 1.29 is 29.6 Å². The molecular formula is C26H22N5O6S+. The Kier molecular flexibility index (Phi) is 6.71. The van der Waals surface area contributed by atoms with Gasteiger partial charge in [-0.05, 0) is 34.9 Å². The van der Waals surface area contributed by atoms with Gasteiger partial charge in [-0.3, -0.25) is 24.2 Å². The first-order chi connectivity index (χ1) is 18.3. The lowest BCUT2D eigenvalue weighted by Gasteiger charge is -2.16. The molecule has 0 unspecified atom stereocenters. The van der Waals surface area contributed by atoms with E-state index >= 15 is 0 Å². The zero-order valence-corrected chi connectivity index (χ0v) is 20.7. The third-order valence-electron chi connectivity index (χ3n) is 6.24. The van der Waals surface area contributed by atoms with E-state index in [1.54, 1.807) is 23.3 Å². The predicted octanol–water partition coefficient (Wildman–Crippen LogP) is 1.51. The van der Waals surface area contributed by atoms with Gasteiger partial charge in [-0.15, -0.1) is 0 Å². The molecular weight excluding hydrogens is 510 g/mol. The minimum absolute atomic E-state index is 0.0275. The Morgan fingerprint density at radius 1 is 1.11 bits per heavy atom. The number of rotatable bonds is 7. The average Bonchev–Trinajstić information content (AvgIpc) is 3.61. The summed E-state index contributed by atoms with van der Waals surface area (Å²) in [5.74, 6) is -3.18. The molecule has 3 aromatic heterocycles. The van der Waals surface area contributed by atoms with Crippen molar-refractivity contribution >= 4 is 29.1 Å². The van der Waals surface area contributed by atoms with E-state index in [-0.39, 0.29) is 31.1 Å². The minimum Gasteiger partial charge on any atom is -0.506 e. The molecule has 0 bridgehead atoms. The van der Waals surface area contributed by atoms with Crippen LogP contribution in [0.4, 0.5) is 0 Å². The Balaban J connectivity index is 1.57. The second-order valence-electron chi connectivity index (χ2n) is 8.64. The first-order valence-electron chi connectivity index (χ1n) is 11.5. The van der Waals surface area contributed by atoms with E-state index in [9.17, 15) is 24.3 Å². The first-order valence-corrected chi connectivity index (χ1v) is 12.5. The molecule has 0 aliphatic carbocycles. The number of aliphatic carboxylic acids is 1. The maximum atomic E-state index is 13.6. The van der Waals surface area contributed by atoms with Crippen LogP contribution >= 0.6 is 11.3 Å². The van der Waals surface area contributed by atoms with Crippen LogP contribution in [0.3, 0.4) is 0 Å². The quantitative estimate of drug-likeness (QED) is 0.326. The smallest absolute Gasteiger partial charge is 0.322 e. The molecule has 38 heavy (non-hydrogen) atoms. The number of benzene rings is 1. The summed E-state index contributed by atoms with van der Waals surface area (Å²) >= 11 is 1.32. The van der Waals surface area contributed by atoms with Crippen LogP contribution in [0.2, 0.25) is 0 Å². The van der Waals surface area contributed by atoms with Crippen molar-refractivity contribution in [1.82, 2.24) is 19.8 Å². The Hall–Kier alpha value is -4.84. The second-order valence-corrected chi connectivity index (χ2v) is 9.39. The number of thiazole rings is 1. The number of H-pyrrole nitrogens is 1. The normalized spacial score (nSPS) is 12.3. The van der Waals surface area contributed by atoms with E-state index in [1.807, 2.05) is 36.4 Å². The summed E-state index contributed by atoms with van der Waals surface area (Å²) in [5, 5.41) is 23.7. The number of pyridine rings is 2. The molecule has 1 aliphatic rings.